The van der Waals surface area contributed by atoms with E-state index >= 15 is 0 Å². The van der Waals surface area contributed by atoms with Crippen LogP contribution in [0.4, 0.5) is 5.82 Å². The standard InChI is InChI=1S/C19H23N3O2S/c1-23-16(14-24-25)8-11-22-12-9-17-18(22)7-10-20-19(17)21-13-15-5-3-2-4-6-15/h2-7,9-10,12,16,25H,8,11,13-14H2,1H3,(H,20,21). The minimum absolute atomic E-state index is 0.0347. The maximum atomic E-state index is 5.40. The summed E-state index contributed by atoms with van der Waals surface area (Å²) >= 11 is 3.80. The zero-order valence-corrected chi connectivity index (χ0v) is 15.2. The van der Waals surface area contributed by atoms with Crippen LogP contribution in [-0.2, 0) is 22.0 Å². The van der Waals surface area contributed by atoms with E-state index in [-0.39, 0.29) is 6.10 Å². The first-order valence-corrected chi connectivity index (χ1v) is 8.69. The topological polar surface area (TPSA) is 48.3 Å². The number of aryl methyl sites for hydroxylation is 1. The second-order valence-corrected chi connectivity index (χ2v) is 6.14. The van der Waals surface area contributed by atoms with Crippen LogP contribution in [0.25, 0.3) is 10.9 Å². The molecule has 0 amide bonds. The fourth-order valence-corrected chi connectivity index (χ4v) is 3.04. The van der Waals surface area contributed by atoms with Crippen molar-refractivity contribution in [2.75, 3.05) is 19.0 Å². The van der Waals surface area contributed by atoms with Crippen LogP contribution in [0.5, 0.6) is 0 Å². The summed E-state index contributed by atoms with van der Waals surface area (Å²) in [4.78, 5) is 4.50. The molecule has 1 aromatic carbocycles. The molecule has 1 atom stereocenters. The Hall–Kier alpha value is -2.02. The van der Waals surface area contributed by atoms with E-state index in [1.165, 1.54) is 5.56 Å². The van der Waals surface area contributed by atoms with Crippen LogP contribution < -0.4 is 5.32 Å². The summed E-state index contributed by atoms with van der Waals surface area (Å²) < 4.78 is 12.5. The smallest absolute Gasteiger partial charge is 0.135 e. The Balaban J connectivity index is 1.71. The van der Waals surface area contributed by atoms with Crippen LogP contribution in [-0.4, -0.2) is 29.4 Å². The molecule has 1 N–H and O–H groups in total. The molecule has 6 heteroatoms. The fraction of sp³-hybridized carbons (Fsp3) is 0.316. The van der Waals surface area contributed by atoms with Gasteiger partial charge in [-0.2, -0.15) is 0 Å². The van der Waals surface area contributed by atoms with Gasteiger partial charge >= 0.3 is 0 Å². The van der Waals surface area contributed by atoms with Gasteiger partial charge in [0.15, 0.2) is 0 Å². The normalized spacial score (nSPS) is 12.4. The number of thiol groups is 1. The van der Waals surface area contributed by atoms with Crippen LogP contribution in [0.3, 0.4) is 0 Å². The van der Waals surface area contributed by atoms with E-state index in [4.69, 9.17) is 8.92 Å². The maximum Gasteiger partial charge on any atom is 0.135 e. The highest BCUT2D eigenvalue weighted by atomic mass is 32.1. The third-order valence-corrected chi connectivity index (χ3v) is 4.44. The van der Waals surface area contributed by atoms with E-state index < -0.39 is 0 Å². The number of ether oxygens (including phenoxy) is 1. The molecule has 0 bridgehead atoms. The number of hydrogen-bond acceptors (Lipinski definition) is 5. The first-order valence-electron chi connectivity index (χ1n) is 8.32. The highest BCUT2D eigenvalue weighted by Gasteiger charge is 2.10. The number of methoxy groups -OCH3 is 1. The molecule has 0 saturated carbocycles. The van der Waals surface area contributed by atoms with Crippen LogP contribution in [0.1, 0.15) is 12.0 Å². The summed E-state index contributed by atoms with van der Waals surface area (Å²) in [7, 11) is 1.70. The monoisotopic (exact) mass is 357 g/mol. The Labute approximate surface area is 153 Å². The van der Waals surface area contributed by atoms with Gasteiger partial charge < -0.3 is 18.8 Å². The van der Waals surface area contributed by atoms with Crippen molar-refractivity contribution in [2.24, 2.45) is 0 Å². The summed E-state index contributed by atoms with van der Waals surface area (Å²) in [6, 6.07) is 14.5. The summed E-state index contributed by atoms with van der Waals surface area (Å²) in [5, 5.41) is 4.56. The Morgan fingerprint density at radius 2 is 2.04 bits per heavy atom. The number of anilines is 1. The van der Waals surface area contributed by atoms with Crippen molar-refractivity contribution in [3.63, 3.8) is 0 Å². The molecule has 25 heavy (non-hydrogen) atoms. The second kappa shape index (κ2) is 8.89. The molecule has 3 rings (SSSR count). The van der Waals surface area contributed by atoms with Gasteiger partial charge in [0.05, 0.1) is 18.2 Å². The molecular weight excluding hydrogens is 334 g/mol. The van der Waals surface area contributed by atoms with E-state index in [0.29, 0.717) is 6.61 Å². The van der Waals surface area contributed by atoms with E-state index in [9.17, 15) is 0 Å². The molecule has 2 aromatic heterocycles. The number of rotatable bonds is 9. The van der Waals surface area contributed by atoms with Gasteiger partial charge in [-0.3, -0.25) is 0 Å². The number of fused-ring (bicyclic) bond motifs is 1. The average Bonchev–Trinajstić information content (AvgIpc) is 3.08. The van der Waals surface area contributed by atoms with Crippen LogP contribution >= 0.6 is 12.9 Å². The zero-order chi connectivity index (χ0) is 17.5. The number of nitrogens with one attached hydrogen (secondary N) is 1. The fourth-order valence-electron chi connectivity index (χ4n) is 2.88. The summed E-state index contributed by atoms with van der Waals surface area (Å²) in [5.74, 6) is 0.905. The number of hydrogen-bond donors (Lipinski definition) is 2. The van der Waals surface area contributed by atoms with Gasteiger partial charge in [0, 0.05) is 38.0 Å². The minimum atomic E-state index is 0.0347. The molecule has 3 aromatic rings. The lowest BCUT2D eigenvalue weighted by Gasteiger charge is -2.14. The molecule has 132 valence electrons. The van der Waals surface area contributed by atoms with Crippen molar-refractivity contribution in [1.82, 2.24) is 9.55 Å². The first-order chi connectivity index (χ1) is 12.3. The van der Waals surface area contributed by atoms with Gasteiger partial charge in [0.2, 0.25) is 0 Å². The Bertz CT molecular complexity index is 792. The van der Waals surface area contributed by atoms with Gasteiger partial charge in [-0.25, -0.2) is 4.98 Å². The molecule has 1 unspecified atom stereocenters. The van der Waals surface area contributed by atoms with Gasteiger partial charge in [-0.1, -0.05) is 30.3 Å². The lowest BCUT2D eigenvalue weighted by Crippen LogP contribution is -2.18. The van der Waals surface area contributed by atoms with Crippen molar-refractivity contribution < 1.29 is 8.92 Å². The lowest BCUT2D eigenvalue weighted by molar-refractivity contribution is 0.0568. The Morgan fingerprint density at radius 1 is 1.20 bits per heavy atom. The Kier molecular flexibility index (Phi) is 6.33. The molecule has 0 aliphatic carbocycles. The molecule has 0 radical (unpaired) electrons. The van der Waals surface area contributed by atoms with Crippen LogP contribution in [0, 0.1) is 0 Å². The van der Waals surface area contributed by atoms with Gasteiger partial charge in [-0.05, 0) is 37.0 Å². The average molecular weight is 357 g/mol. The largest absolute Gasteiger partial charge is 0.379 e. The zero-order valence-electron chi connectivity index (χ0n) is 14.3. The van der Waals surface area contributed by atoms with Crippen molar-refractivity contribution in [3.05, 3.63) is 60.4 Å². The quantitative estimate of drug-likeness (QED) is 0.450. The summed E-state index contributed by atoms with van der Waals surface area (Å²) in [6.07, 6.45) is 4.83. The van der Waals surface area contributed by atoms with E-state index in [0.717, 1.165) is 36.2 Å². The molecule has 0 aliphatic heterocycles. The van der Waals surface area contributed by atoms with E-state index in [1.807, 2.05) is 30.5 Å². The van der Waals surface area contributed by atoms with E-state index in [2.05, 4.69) is 52.2 Å². The highest BCUT2D eigenvalue weighted by molar-refractivity contribution is 7.75. The number of pyridine rings is 1. The summed E-state index contributed by atoms with van der Waals surface area (Å²) in [6.45, 7) is 2.08. The van der Waals surface area contributed by atoms with Gasteiger partial charge in [-0.15, -0.1) is 0 Å². The van der Waals surface area contributed by atoms with E-state index in [1.54, 1.807) is 7.11 Å². The predicted octanol–water partition coefficient (Wildman–Crippen LogP) is 3.91. The van der Waals surface area contributed by atoms with Crippen molar-refractivity contribution >= 4 is 29.6 Å². The third-order valence-electron chi connectivity index (χ3n) is 4.29. The molecule has 0 spiro atoms. The molecule has 0 saturated heterocycles. The molecule has 5 nitrogen and oxygen atoms in total. The second-order valence-electron chi connectivity index (χ2n) is 5.88. The van der Waals surface area contributed by atoms with Gasteiger partial charge in [0.25, 0.3) is 0 Å². The number of nitrogens with zero attached hydrogens (tertiary/aromatic N) is 2. The first kappa shape index (κ1) is 17.8. The Morgan fingerprint density at radius 3 is 2.80 bits per heavy atom. The van der Waals surface area contributed by atoms with Crippen molar-refractivity contribution in [3.8, 4) is 0 Å². The van der Waals surface area contributed by atoms with Crippen molar-refractivity contribution in [2.45, 2.75) is 25.6 Å². The molecule has 0 fully saturated rings. The predicted molar refractivity (Wildman–Crippen MR) is 104 cm³/mol. The number of aromatic nitrogens is 2. The van der Waals surface area contributed by atoms with Gasteiger partial charge in [0.1, 0.15) is 5.82 Å². The molecule has 0 aliphatic rings. The van der Waals surface area contributed by atoms with Crippen LogP contribution in [0.2, 0.25) is 0 Å². The SMILES string of the molecule is COC(CCn1ccc2c(NCc3ccccc3)nccc21)COS. The maximum absolute atomic E-state index is 5.40. The van der Waals surface area contributed by atoms with Crippen LogP contribution in [0.15, 0.2) is 54.9 Å². The van der Waals surface area contributed by atoms with Crippen molar-refractivity contribution in [1.29, 1.82) is 0 Å². The third kappa shape index (κ3) is 4.54. The minimum Gasteiger partial charge on any atom is -0.379 e. The highest BCUT2D eigenvalue weighted by Crippen LogP contribution is 2.23. The molecular formula is C19H23N3O2S. The molecule has 2 heterocycles. The summed E-state index contributed by atoms with van der Waals surface area (Å²) in [5.41, 5.74) is 2.39. The lowest BCUT2D eigenvalue weighted by atomic mass is 10.2. The number of benzene rings is 1.